The summed E-state index contributed by atoms with van der Waals surface area (Å²) in [4.78, 5) is 30.3. The molecule has 5 rings (SSSR count). The van der Waals surface area contributed by atoms with Crippen LogP contribution in [-0.4, -0.2) is 38.5 Å². The van der Waals surface area contributed by atoms with Crippen LogP contribution in [0.4, 0.5) is 0 Å². The van der Waals surface area contributed by atoms with Gasteiger partial charge in [-0.25, -0.2) is 0 Å². The molecule has 2 aromatic rings. The van der Waals surface area contributed by atoms with E-state index in [0.29, 0.717) is 27.6 Å². The van der Waals surface area contributed by atoms with Gasteiger partial charge in [0.05, 0.1) is 10.7 Å². The fraction of sp³-hybridized carbons (Fsp3) is 0.455. The minimum atomic E-state index is -4.12. The molecule has 0 bridgehead atoms. The predicted molar refractivity (Wildman–Crippen MR) is 170 cm³/mol. The molecule has 0 fully saturated rings. The van der Waals surface area contributed by atoms with Crippen LogP contribution in [-0.2, 0) is 19.7 Å². The number of hydrogen-bond acceptors (Lipinski definition) is 7. The van der Waals surface area contributed by atoms with Crippen molar-refractivity contribution in [1.29, 1.82) is 0 Å². The van der Waals surface area contributed by atoms with Crippen LogP contribution in [0, 0.1) is 14.4 Å². The average molecular weight is 704 g/mol. The molecule has 1 aliphatic heterocycles. The fourth-order valence-electron chi connectivity index (χ4n) is 6.61. The van der Waals surface area contributed by atoms with Crippen LogP contribution < -0.4 is 8.92 Å². The first kappa shape index (κ1) is 30.8. The van der Waals surface area contributed by atoms with E-state index in [4.69, 9.17) is 8.92 Å². The lowest BCUT2D eigenvalue weighted by Gasteiger charge is -2.49. The molecule has 7 nitrogen and oxygen atoms in total. The van der Waals surface area contributed by atoms with Gasteiger partial charge in [0.15, 0.2) is 23.1 Å². The first-order valence-electron chi connectivity index (χ1n) is 14.3. The number of methoxy groups -OCH3 is 1. The zero-order valence-corrected chi connectivity index (χ0v) is 28.0. The number of ketones is 2. The number of hydrogen-bond donors (Lipinski definition) is 0. The number of halogens is 1. The quantitative estimate of drug-likeness (QED) is 0.223. The number of ether oxygens (including phenoxy) is 1. The molecule has 9 heteroatoms. The number of Topliss-reactive ketones (excluding diaryl/α,β-unsaturated/α-hetero) is 2. The van der Waals surface area contributed by atoms with Gasteiger partial charge in [0.1, 0.15) is 4.90 Å². The van der Waals surface area contributed by atoms with Gasteiger partial charge in [-0.15, -0.1) is 0 Å². The Labute approximate surface area is 262 Å². The molecular formula is C33H38INO6S. The van der Waals surface area contributed by atoms with Crippen molar-refractivity contribution in [3.63, 3.8) is 0 Å². The summed E-state index contributed by atoms with van der Waals surface area (Å²) in [6, 6.07) is 11.5. The van der Waals surface area contributed by atoms with Gasteiger partial charge in [-0.3, -0.25) is 9.59 Å². The minimum Gasteiger partial charge on any atom is -0.493 e. The third-order valence-corrected chi connectivity index (χ3v) is 10.3. The van der Waals surface area contributed by atoms with Crippen molar-refractivity contribution >= 4 is 44.3 Å². The highest BCUT2D eigenvalue weighted by Crippen LogP contribution is 2.55. The van der Waals surface area contributed by atoms with Crippen molar-refractivity contribution in [3.05, 3.63) is 74.1 Å². The summed E-state index contributed by atoms with van der Waals surface area (Å²) in [5, 5.41) is 0. The third kappa shape index (κ3) is 5.66. The summed E-state index contributed by atoms with van der Waals surface area (Å²) in [7, 11) is -2.66. The highest BCUT2D eigenvalue weighted by atomic mass is 127. The smallest absolute Gasteiger partial charge is 0.339 e. The van der Waals surface area contributed by atoms with Crippen molar-refractivity contribution in [2.45, 2.75) is 77.5 Å². The number of rotatable bonds is 7. The lowest BCUT2D eigenvalue weighted by atomic mass is 9.63. The monoisotopic (exact) mass is 703 g/mol. The van der Waals surface area contributed by atoms with E-state index in [9.17, 15) is 18.0 Å². The second-order valence-corrected chi connectivity index (χ2v) is 15.8. The Morgan fingerprint density at radius 3 is 1.95 bits per heavy atom. The number of benzene rings is 2. The largest absolute Gasteiger partial charge is 0.493 e. The highest BCUT2D eigenvalue weighted by Gasteiger charge is 2.49. The Hall–Kier alpha value is -2.66. The predicted octanol–water partition coefficient (Wildman–Crippen LogP) is 7.16. The van der Waals surface area contributed by atoms with Gasteiger partial charge >= 0.3 is 10.1 Å². The van der Waals surface area contributed by atoms with Crippen LogP contribution in [0.1, 0.15) is 78.2 Å². The van der Waals surface area contributed by atoms with Crippen LogP contribution in [0.25, 0.3) is 0 Å². The first-order chi connectivity index (χ1) is 19.7. The van der Waals surface area contributed by atoms with E-state index in [-0.39, 0.29) is 38.8 Å². The topological polar surface area (TPSA) is 90.0 Å². The van der Waals surface area contributed by atoms with Gasteiger partial charge in [0.2, 0.25) is 0 Å². The Balaban J connectivity index is 1.70. The molecule has 224 valence electrons. The molecule has 0 saturated heterocycles. The lowest BCUT2D eigenvalue weighted by molar-refractivity contribution is -0.119. The van der Waals surface area contributed by atoms with E-state index in [0.717, 1.165) is 42.8 Å². The van der Waals surface area contributed by atoms with E-state index < -0.39 is 16.0 Å². The van der Waals surface area contributed by atoms with E-state index in [2.05, 4.69) is 39.5 Å². The van der Waals surface area contributed by atoms with Crippen molar-refractivity contribution in [2.24, 2.45) is 10.8 Å². The summed E-state index contributed by atoms with van der Waals surface area (Å²) in [5.41, 5.74) is 3.69. The molecule has 0 spiro atoms. The zero-order chi connectivity index (χ0) is 30.6. The standard InChI is InChI=1S/C33H38INO6S/c1-7-13-35-23-16-32(2,3)18-25(36)29(23)28(30-24(35)17-33(4,5)19-26(30)37)20-14-22(34)31(27(15-20)40-6)41-42(38,39)21-11-9-8-10-12-21/h8-12,14-15,28H,7,13,16-19H2,1-6H3. The fourth-order valence-corrected chi connectivity index (χ4v) is 8.47. The molecule has 0 radical (unpaired) electrons. The van der Waals surface area contributed by atoms with E-state index >= 15 is 0 Å². The number of allylic oxidation sites excluding steroid dienone is 4. The SMILES string of the molecule is CCCN1C2=C(C(=O)CC(C)(C)C2)C(c2cc(I)c(OS(=O)(=O)c3ccccc3)c(OC)c2)C2=C1CC(C)(C)CC2=O. The summed E-state index contributed by atoms with van der Waals surface area (Å²) >= 11 is 2.04. The molecular weight excluding hydrogens is 665 g/mol. The van der Waals surface area contributed by atoms with Crippen LogP contribution in [0.3, 0.4) is 0 Å². The summed E-state index contributed by atoms with van der Waals surface area (Å²) in [6.07, 6.45) is 3.15. The van der Waals surface area contributed by atoms with E-state index in [1.165, 1.54) is 19.2 Å². The molecule has 1 heterocycles. The van der Waals surface area contributed by atoms with Gasteiger partial charge in [-0.2, -0.15) is 8.42 Å². The molecule has 0 unspecified atom stereocenters. The van der Waals surface area contributed by atoms with Crippen LogP contribution >= 0.6 is 22.6 Å². The van der Waals surface area contributed by atoms with Crippen molar-refractivity contribution in [2.75, 3.05) is 13.7 Å². The average Bonchev–Trinajstić information content (AvgIpc) is 2.89. The molecule has 0 aromatic heterocycles. The minimum absolute atomic E-state index is 0.0330. The number of nitrogens with zero attached hydrogens (tertiary/aromatic N) is 1. The van der Waals surface area contributed by atoms with E-state index in [1.54, 1.807) is 24.3 Å². The van der Waals surface area contributed by atoms with Crippen molar-refractivity contribution in [1.82, 2.24) is 4.90 Å². The van der Waals surface area contributed by atoms with Crippen molar-refractivity contribution < 1.29 is 26.9 Å². The Morgan fingerprint density at radius 2 is 1.45 bits per heavy atom. The first-order valence-corrected chi connectivity index (χ1v) is 16.8. The molecule has 3 aliphatic rings. The second kappa shape index (κ2) is 11.1. The zero-order valence-electron chi connectivity index (χ0n) is 25.0. The number of carbonyl (C=O) groups is 2. The summed E-state index contributed by atoms with van der Waals surface area (Å²) in [6.45, 7) is 11.4. The Kier molecular flexibility index (Phi) is 8.15. The maximum Gasteiger partial charge on any atom is 0.339 e. The normalized spacial score (nSPS) is 20.4. The van der Waals surface area contributed by atoms with Gasteiger partial charge in [-0.1, -0.05) is 52.8 Å². The lowest BCUT2D eigenvalue weighted by Crippen LogP contribution is -2.44. The molecule has 2 aromatic carbocycles. The third-order valence-electron chi connectivity index (χ3n) is 8.28. The summed E-state index contributed by atoms with van der Waals surface area (Å²) in [5.74, 6) is -0.152. The van der Waals surface area contributed by atoms with Crippen molar-refractivity contribution in [3.8, 4) is 11.5 Å². The second-order valence-electron chi connectivity index (χ2n) is 13.1. The van der Waals surface area contributed by atoms with Crippen LogP contribution in [0.15, 0.2) is 69.9 Å². The van der Waals surface area contributed by atoms with Gasteiger partial charge in [0, 0.05) is 47.8 Å². The molecule has 0 saturated carbocycles. The maximum absolute atomic E-state index is 14.0. The van der Waals surface area contributed by atoms with Gasteiger partial charge < -0.3 is 13.8 Å². The number of carbonyl (C=O) groups excluding carboxylic acids is 2. The Morgan fingerprint density at radius 1 is 0.905 bits per heavy atom. The molecule has 0 atom stereocenters. The van der Waals surface area contributed by atoms with Crippen LogP contribution in [0.2, 0.25) is 0 Å². The van der Waals surface area contributed by atoms with Gasteiger partial charge in [-0.05, 0) is 82.5 Å². The molecule has 0 amide bonds. The molecule has 0 N–H and O–H groups in total. The molecule has 42 heavy (non-hydrogen) atoms. The van der Waals surface area contributed by atoms with E-state index in [1.807, 2.05) is 28.7 Å². The Bertz CT molecular complexity index is 1570. The maximum atomic E-state index is 14.0. The molecule has 2 aliphatic carbocycles. The van der Waals surface area contributed by atoms with Gasteiger partial charge in [0.25, 0.3) is 0 Å². The summed E-state index contributed by atoms with van der Waals surface area (Å²) < 4.78 is 38.0. The highest BCUT2D eigenvalue weighted by molar-refractivity contribution is 14.1. The van der Waals surface area contributed by atoms with Crippen LogP contribution in [0.5, 0.6) is 11.5 Å².